The Kier molecular flexibility index (Phi) is 4.41. The van der Waals surface area contributed by atoms with Crippen LogP contribution in [0.1, 0.15) is 17.9 Å². The molecule has 1 heterocycles. The Hall–Kier alpha value is -1.66. The van der Waals surface area contributed by atoms with Crippen LogP contribution in [0.3, 0.4) is 0 Å². The Morgan fingerprint density at radius 3 is 2.56 bits per heavy atom. The van der Waals surface area contributed by atoms with E-state index in [1.807, 2.05) is 54.6 Å². The zero-order valence-corrected chi connectivity index (χ0v) is 15.6. The Balaban J connectivity index is 1.50. The molecular weight excluding hydrogens is 374 g/mol. The summed E-state index contributed by atoms with van der Waals surface area (Å²) < 4.78 is 28.5. The van der Waals surface area contributed by atoms with Gasteiger partial charge in [-0.25, -0.2) is 13.1 Å². The molecule has 128 valence electrons. The minimum Gasteiger partial charge on any atom is -0.207 e. The first-order valence-electron chi connectivity index (χ1n) is 7.96. The van der Waals surface area contributed by atoms with E-state index in [0.29, 0.717) is 9.23 Å². The summed E-state index contributed by atoms with van der Waals surface area (Å²) in [6.45, 7) is 0. The van der Waals surface area contributed by atoms with Crippen LogP contribution < -0.4 is 4.72 Å². The SMILES string of the molecule is O=S(=O)(N[C@H]1C[C@@H]1c1ccccc1)c1ccc(-c2cccc(Cl)c2)s1. The lowest BCUT2D eigenvalue weighted by atomic mass is 10.1. The van der Waals surface area contributed by atoms with E-state index < -0.39 is 10.0 Å². The molecule has 0 aliphatic heterocycles. The van der Waals surface area contributed by atoms with Gasteiger partial charge in [0.15, 0.2) is 0 Å². The summed E-state index contributed by atoms with van der Waals surface area (Å²) in [6, 6.07) is 20.9. The van der Waals surface area contributed by atoms with Crippen molar-refractivity contribution in [2.75, 3.05) is 0 Å². The van der Waals surface area contributed by atoms with Crippen molar-refractivity contribution in [3.63, 3.8) is 0 Å². The lowest BCUT2D eigenvalue weighted by Gasteiger charge is -2.04. The van der Waals surface area contributed by atoms with Crippen molar-refractivity contribution in [3.05, 3.63) is 77.3 Å². The van der Waals surface area contributed by atoms with Crippen LogP contribution in [0.5, 0.6) is 0 Å². The van der Waals surface area contributed by atoms with Gasteiger partial charge >= 0.3 is 0 Å². The van der Waals surface area contributed by atoms with Crippen LogP contribution in [0.4, 0.5) is 0 Å². The number of thiophene rings is 1. The standard InChI is InChI=1S/C19H16ClNO2S2/c20-15-8-4-7-14(11-15)18-9-10-19(24-18)25(22,23)21-17-12-16(17)13-5-2-1-3-6-13/h1-11,16-17,21H,12H2/t16-,17+/m1/s1. The van der Waals surface area contributed by atoms with Crippen molar-refractivity contribution in [2.45, 2.75) is 22.6 Å². The first-order valence-corrected chi connectivity index (χ1v) is 10.6. The van der Waals surface area contributed by atoms with Gasteiger partial charge in [0.05, 0.1) is 0 Å². The third-order valence-electron chi connectivity index (χ3n) is 4.28. The maximum Gasteiger partial charge on any atom is 0.250 e. The Bertz CT molecular complexity index is 999. The largest absolute Gasteiger partial charge is 0.250 e. The van der Waals surface area contributed by atoms with Crippen molar-refractivity contribution < 1.29 is 8.42 Å². The monoisotopic (exact) mass is 389 g/mol. The van der Waals surface area contributed by atoms with Crippen LogP contribution in [0.2, 0.25) is 5.02 Å². The molecule has 3 nitrogen and oxygen atoms in total. The molecule has 1 aromatic heterocycles. The molecule has 6 heteroatoms. The summed E-state index contributed by atoms with van der Waals surface area (Å²) in [7, 11) is -3.50. The molecule has 1 aliphatic carbocycles. The van der Waals surface area contributed by atoms with Gasteiger partial charge < -0.3 is 0 Å². The fraction of sp³-hybridized carbons (Fsp3) is 0.158. The van der Waals surface area contributed by atoms with Gasteiger partial charge in [0, 0.05) is 21.9 Å². The topological polar surface area (TPSA) is 46.2 Å². The van der Waals surface area contributed by atoms with E-state index in [4.69, 9.17) is 11.6 Å². The van der Waals surface area contributed by atoms with Crippen molar-refractivity contribution in [1.82, 2.24) is 4.72 Å². The average molecular weight is 390 g/mol. The molecule has 3 aromatic rings. The fourth-order valence-corrected chi connectivity index (χ4v) is 5.71. The van der Waals surface area contributed by atoms with Crippen LogP contribution in [0.25, 0.3) is 10.4 Å². The van der Waals surface area contributed by atoms with Gasteiger partial charge in [-0.05, 0) is 41.8 Å². The second-order valence-electron chi connectivity index (χ2n) is 6.11. The number of hydrogen-bond acceptors (Lipinski definition) is 3. The van der Waals surface area contributed by atoms with E-state index in [1.165, 1.54) is 16.9 Å². The zero-order chi connectivity index (χ0) is 17.4. The van der Waals surface area contributed by atoms with Crippen LogP contribution in [0, 0.1) is 0 Å². The molecule has 2 atom stereocenters. The quantitative estimate of drug-likeness (QED) is 0.674. The maximum absolute atomic E-state index is 12.6. The van der Waals surface area contributed by atoms with E-state index in [2.05, 4.69) is 4.72 Å². The molecule has 1 aliphatic rings. The minimum absolute atomic E-state index is 0.0240. The molecule has 1 fully saturated rings. The van der Waals surface area contributed by atoms with E-state index in [-0.39, 0.29) is 12.0 Å². The first kappa shape index (κ1) is 16.8. The van der Waals surface area contributed by atoms with E-state index in [9.17, 15) is 8.42 Å². The number of nitrogens with one attached hydrogen (secondary N) is 1. The lowest BCUT2D eigenvalue weighted by molar-refractivity contribution is 0.582. The third kappa shape index (κ3) is 3.65. The predicted octanol–water partition coefficient (Wildman–Crippen LogP) is 4.90. The summed E-state index contributed by atoms with van der Waals surface area (Å²) in [5.41, 5.74) is 2.11. The molecule has 1 saturated carbocycles. The minimum atomic E-state index is -3.50. The summed E-state index contributed by atoms with van der Waals surface area (Å²) in [4.78, 5) is 0.887. The van der Waals surface area contributed by atoms with Crippen molar-refractivity contribution in [1.29, 1.82) is 0 Å². The molecule has 0 saturated heterocycles. The molecule has 4 rings (SSSR count). The second-order valence-corrected chi connectivity index (χ2v) is 9.57. The van der Waals surface area contributed by atoms with Crippen molar-refractivity contribution in [3.8, 4) is 10.4 Å². The van der Waals surface area contributed by atoms with Crippen LogP contribution >= 0.6 is 22.9 Å². The number of benzene rings is 2. The van der Waals surface area contributed by atoms with E-state index >= 15 is 0 Å². The number of hydrogen-bond donors (Lipinski definition) is 1. The highest BCUT2D eigenvalue weighted by atomic mass is 35.5. The molecule has 25 heavy (non-hydrogen) atoms. The summed E-state index contributed by atoms with van der Waals surface area (Å²) in [6.07, 6.45) is 0.843. The van der Waals surface area contributed by atoms with Gasteiger partial charge in [0.2, 0.25) is 10.0 Å². The number of rotatable bonds is 5. The van der Waals surface area contributed by atoms with Gasteiger partial charge in [0.1, 0.15) is 4.21 Å². The molecular formula is C19H16ClNO2S2. The summed E-state index contributed by atoms with van der Waals surface area (Å²) >= 11 is 7.28. The molecule has 0 spiro atoms. The first-order chi connectivity index (χ1) is 12.0. The highest BCUT2D eigenvalue weighted by molar-refractivity contribution is 7.91. The normalized spacial score (nSPS) is 19.7. The zero-order valence-electron chi connectivity index (χ0n) is 13.2. The van der Waals surface area contributed by atoms with Crippen LogP contribution in [-0.2, 0) is 10.0 Å². The summed E-state index contributed by atoms with van der Waals surface area (Å²) in [5.74, 6) is 0.267. The summed E-state index contributed by atoms with van der Waals surface area (Å²) in [5, 5.41) is 0.636. The van der Waals surface area contributed by atoms with Gasteiger partial charge in [-0.1, -0.05) is 54.1 Å². The van der Waals surface area contributed by atoms with Crippen molar-refractivity contribution >= 4 is 33.0 Å². The van der Waals surface area contributed by atoms with Gasteiger partial charge in [-0.15, -0.1) is 11.3 Å². The van der Waals surface area contributed by atoms with Crippen molar-refractivity contribution in [2.24, 2.45) is 0 Å². The molecule has 0 radical (unpaired) electrons. The van der Waals surface area contributed by atoms with Crippen LogP contribution in [0.15, 0.2) is 70.9 Å². The van der Waals surface area contributed by atoms with Gasteiger partial charge in [0.25, 0.3) is 0 Å². The number of sulfonamides is 1. The highest BCUT2D eigenvalue weighted by Gasteiger charge is 2.41. The predicted molar refractivity (Wildman–Crippen MR) is 103 cm³/mol. The maximum atomic E-state index is 12.6. The van der Waals surface area contributed by atoms with Crippen LogP contribution in [-0.4, -0.2) is 14.5 Å². The lowest BCUT2D eigenvalue weighted by Crippen LogP contribution is -2.26. The highest BCUT2D eigenvalue weighted by Crippen LogP contribution is 2.42. The van der Waals surface area contributed by atoms with Gasteiger partial charge in [-0.3, -0.25) is 0 Å². The van der Waals surface area contributed by atoms with Gasteiger partial charge in [-0.2, -0.15) is 0 Å². The number of halogens is 1. The second kappa shape index (κ2) is 6.57. The molecule has 0 bridgehead atoms. The van der Waals surface area contributed by atoms with E-state index in [1.54, 1.807) is 12.1 Å². The third-order valence-corrected chi connectivity index (χ3v) is 7.63. The smallest absolute Gasteiger partial charge is 0.207 e. The fourth-order valence-electron chi connectivity index (χ4n) is 2.91. The Morgan fingerprint density at radius 1 is 1.00 bits per heavy atom. The average Bonchev–Trinajstić information content (AvgIpc) is 3.16. The Labute approximate surface area is 156 Å². The molecule has 0 unspecified atom stereocenters. The van der Waals surface area contributed by atoms with E-state index in [0.717, 1.165) is 16.9 Å². The molecule has 2 aromatic carbocycles. The molecule has 0 amide bonds. The Morgan fingerprint density at radius 2 is 1.80 bits per heavy atom. The molecule has 1 N–H and O–H groups in total.